The standard InChI is InChI=1S/C27H35NO5/c1-6-7-8-9-10-11-12-28(2,3)17-18-13-20-25(23(14-18)33-5)27(31)24-21(26(20)30)15-19(32-4)16-22(24)29/h13-16H,6-12,17H2,1-5H3/p+1. The van der Waals surface area contributed by atoms with Crippen LogP contribution in [0.1, 0.15) is 82.9 Å². The number of hydrogen-bond acceptors (Lipinski definition) is 5. The van der Waals surface area contributed by atoms with Crippen molar-refractivity contribution in [1.29, 1.82) is 0 Å². The van der Waals surface area contributed by atoms with E-state index in [1.54, 1.807) is 6.07 Å². The zero-order chi connectivity index (χ0) is 24.2. The van der Waals surface area contributed by atoms with Crippen molar-refractivity contribution < 1.29 is 28.7 Å². The molecule has 0 unspecified atom stereocenters. The van der Waals surface area contributed by atoms with Gasteiger partial charge in [-0.2, -0.15) is 0 Å². The third-order valence-corrected chi connectivity index (χ3v) is 6.38. The number of aromatic hydroxyl groups is 1. The fourth-order valence-electron chi connectivity index (χ4n) is 4.64. The molecule has 0 saturated heterocycles. The molecular weight excluding hydrogens is 418 g/mol. The molecule has 1 aliphatic rings. The monoisotopic (exact) mass is 454 g/mol. The Morgan fingerprint density at radius 1 is 0.818 bits per heavy atom. The molecule has 0 atom stereocenters. The molecule has 6 heteroatoms. The number of hydrogen-bond donors (Lipinski definition) is 1. The Kier molecular flexibility index (Phi) is 7.80. The summed E-state index contributed by atoms with van der Waals surface area (Å²) in [5.41, 5.74) is 1.62. The molecule has 1 aliphatic carbocycles. The summed E-state index contributed by atoms with van der Waals surface area (Å²) in [4.78, 5) is 26.6. The number of phenols is 1. The van der Waals surface area contributed by atoms with Gasteiger partial charge in [-0.3, -0.25) is 9.59 Å². The van der Waals surface area contributed by atoms with E-state index in [9.17, 15) is 14.7 Å². The molecule has 3 rings (SSSR count). The third-order valence-electron chi connectivity index (χ3n) is 6.38. The summed E-state index contributed by atoms with van der Waals surface area (Å²) < 4.78 is 11.5. The van der Waals surface area contributed by atoms with Crippen molar-refractivity contribution >= 4 is 11.6 Å². The van der Waals surface area contributed by atoms with Gasteiger partial charge in [0.2, 0.25) is 5.78 Å². The smallest absolute Gasteiger partial charge is 0.201 e. The minimum absolute atomic E-state index is 0.00136. The Bertz CT molecular complexity index is 1040. The first-order chi connectivity index (χ1) is 15.7. The molecule has 0 radical (unpaired) electrons. The Morgan fingerprint density at radius 2 is 1.48 bits per heavy atom. The summed E-state index contributed by atoms with van der Waals surface area (Å²) in [5, 5.41) is 10.4. The summed E-state index contributed by atoms with van der Waals surface area (Å²) in [6.45, 7) is 3.98. The highest BCUT2D eigenvalue weighted by Gasteiger charge is 2.36. The van der Waals surface area contributed by atoms with Crippen LogP contribution in [0.2, 0.25) is 0 Å². The van der Waals surface area contributed by atoms with E-state index in [1.165, 1.54) is 58.5 Å². The maximum atomic E-state index is 13.4. The molecule has 0 saturated carbocycles. The van der Waals surface area contributed by atoms with Crippen LogP contribution in [-0.4, -0.2) is 56.0 Å². The molecule has 0 fully saturated rings. The second-order valence-electron chi connectivity index (χ2n) is 9.53. The van der Waals surface area contributed by atoms with E-state index in [-0.39, 0.29) is 28.2 Å². The van der Waals surface area contributed by atoms with E-state index >= 15 is 0 Å². The predicted octanol–water partition coefficient (Wildman–Crippen LogP) is 5.12. The molecule has 1 N–H and O–H groups in total. The van der Waals surface area contributed by atoms with Crippen molar-refractivity contribution in [2.75, 3.05) is 34.9 Å². The number of fused-ring (bicyclic) bond motifs is 2. The minimum Gasteiger partial charge on any atom is -0.507 e. The van der Waals surface area contributed by atoms with E-state index in [0.29, 0.717) is 17.1 Å². The predicted molar refractivity (Wildman–Crippen MR) is 129 cm³/mol. The van der Waals surface area contributed by atoms with Crippen molar-refractivity contribution in [2.24, 2.45) is 0 Å². The van der Waals surface area contributed by atoms with Gasteiger partial charge in [-0.05, 0) is 31.0 Å². The lowest BCUT2D eigenvalue weighted by Gasteiger charge is -2.31. The van der Waals surface area contributed by atoms with Gasteiger partial charge in [0.15, 0.2) is 5.78 Å². The lowest BCUT2D eigenvalue weighted by molar-refractivity contribution is -0.903. The first kappa shape index (κ1) is 24.8. The van der Waals surface area contributed by atoms with Crippen LogP contribution in [0.4, 0.5) is 0 Å². The van der Waals surface area contributed by atoms with E-state index in [1.807, 2.05) is 6.07 Å². The van der Waals surface area contributed by atoms with Crippen LogP contribution >= 0.6 is 0 Å². The lowest BCUT2D eigenvalue weighted by Crippen LogP contribution is -2.39. The number of unbranched alkanes of at least 4 members (excludes halogenated alkanes) is 5. The summed E-state index contributed by atoms with van der Waals surface area (Å²) in [5.74, 6) is -0.299. The highest BCUT2D eigenvalue weighted by Crippen LogP contribution is 2.40. The number of quaternary nitrogens is 1. The Labute approximate surface area is 196 Å². The van der Waals surface area contributed by atoms with Crippen LogP contribution in [0.3, 0.4) is 0 Å². The average Bonchev–Trinajstić information content (AvgIpc) is 2.78. The number of carbonyl (C=O) groups excluding carboxylic acids is 2. The number of benzene rings is 2. The quantitative estimate of drug-likeness (QED) is 0.322. The van der Waals surface area contributed by atoms with Gasteiger partial charge in [0, 0.05) is 22.8 Å². The third kappa shape index (κ3) is 5.38. The summed E-state index contributed by atoms with van der Waals surface area (Å²) in [6, 6.07) is 6.50. The van der Waals surface area contributed by atoms with Crippen molar-refractivity contribution in [3.05, 3.63) is 52.1 Å². The minimum atomic E-state index is -0.413. The molecule has 0 aliphatic heterocycles. The molecule has 6 nitrogen and oxygen atoms in total. The Hall–Kier alpha value is -2.86. The van der Waals surface area contributed by atoms with Gasteiger partial charge in [0.25, 0.3) is 0 Å². The fraction of sp³-hybridized carbons (Fsp3) is 0.481. The number of carbonyl (C=O) groups is 2. The zero-order valence-corrected chi connectivity index (χ0v) is 20.5. The van der Waals surface area contributed by atoms with Crippen molar-refractivity contribution in [3.63, 3.8) is 0 Å². The molecule has 2 aromatic rings. The maximum absolute atomic E-state index is 13.4. The molecule has 0 heterocycles. The van der Waals surface area contributed by atoms with E-state index in [0.717, 1.165) is 29.6 Å². The normalized spacial score (nSPS) is 13.0. The van der Waals surface area contributed by atoms with Crippen LogP contribution < -0.4 is 9.47 Å². The van der Waals surface area contributed by atoms with Crippen LogP contribution in [0.5, 0.6) is 17.2 Å². The molecule has 33 heavy (non-hydrogen) atoms. The number of nitrogens with zero attached hydrogens (tertiary/aromatic N) is 1. The van der Waals surface area contributed by atoms with Crippen molar-refractivity contribution in [3.8, 4) is 17.2 Å². The van der Waals surface area contributed by atoms with Crippen LogP contribution in [0.25, 0.3) is 0 Å². The number of ether oxygens (including phenoxy) is 2. The summed E-state index contributed by atoms with van der Waals surface area (Å²) in [7, 11) is 7.32. The van der Waals surface area contributed by atoms with Gasteiger partial charge in [0.1, 0.15) is 23.8 Å². The largest absolute Gasteiger partial charge is 0.507 e. The first-order valence-corrected chi connectivity index (χ1v) is 11.8. The van der Waals surface area contributed by atoms with Gasteiger partial charge in [-0.1, -0.05) is 32.6 Å². The second kappa shape index (κ2) is 10.4. The fourth-order valence-corrected chi connectivity index (χ4v) is 4.64. The molecule has 0 bridgehead atoms. The SMILES string of the molecule is CCCCCCCC[N+](C)(C)Cc1cc(OC)c2c(c1)C(=O)c1cc(OC)cc(O)c1C2=O. The molecule has 2 aromatic carbocycles. The second-order valence-corrected chi connectivity index (χ2v) is 9.53. The Morgan fingerprint density at radius 3 is 2.15 bits per heavy atom. The van der Waals surface area contributed by atoms with Gasteiger partial charge >= 0.3 is 0 Å². The van der Waals surface area contributed by atoms with E-state index < -0.39 is 5.78 Å². The van der Waals surface area contributed by atoms with Crippen molar-refractivity contribution in [2.45, 2.75) is 52.0 Å². The highest BCUT2D eigenvalue weighted by atomic mass is 16.5. The molecule has 0 amide bonds. The van der Waals surface area contributed by atoms with Crippen LogP contribution in [-0.2, 0) is 6.54 Å². The lowest BCUT2D eigenvalue weighted by atomic mass is 9.82. The summed E-state index contributed by atoms with van der Waals surface area (Å²) in [6.07, 6.45) is 7.50. The molecule has 178 valence electrons. The molecule has 0 spiro atoms. The van der Waals surface area contributed by atoms with Crippen molar-refractivity contribution in [1.82, 2.24) is 0 Å². The van der Waals surface area contributed by atoms with Gasteiger partial charge < -0.3 is 19.1 Å². The number of phenolic OH excluding ortho intramolecular Hbond substituents is 1. The van der Waals surface area contributed by atoms with Gasteiger partial charge in [-0.15, -0.1) is 0 Å². The highest BCUT2D eigenvalue weighted by molar-refractivity contribution is 6.30. The average molecular weight is 455 g/mol. The zero-order valence-electron chi connectivity index (χ0n) is 20.5. The number of rotatable bonds is 11. The molecule has 0 aromatic heterocycles. The number of methoxy groups -OCH3 is 2. The maximum Gasteiger partial charge on any atom is 0.201 e. The van der Waals surface area contributed by atoms with Gasteiger partial charge in [0.05, 0.1) is 46.0 Å². The van der Waals surface area contributed by atoms with Crippen LogP contribution in [0, 0.1) is 0 Å². The topological polar surface area (TPSA) is 72.8 Å². The molecular formula is C27H36NO5+. The number of ketones is 2. The van der Waals surface area contributed by atoms with E-state index in [4.69, 9.17) is 9.47 Å². The van der Waals surface area contributed by atoms with Gasteiger partial charge in [-0.25, -0.2) is 0 Å². The summed E-state index contributed by atoms with van der Waals surface area (Å²) >= 11 is 0. The first-order valence-electron chi connectivity index (χ1n) is 11.8. The van der Waals surface area contributed by atoms with E-state index in [2.05, 4.69) is 21.0 Å². The van der Waals surface area contributed by atoms with Crippen LogP contribution in [0.15, 0.2) is 24.3 Å². The Balaban J connectivity index is 1.87.